The third-order valence-corrected chi connectivity index (χ3v) is 2.34. The largest absolute Gasteiger partial charge is 0.336 e. The highest BCUT2D eigenvalue weighted by atomic mass is 16.1. The van der Waals surface area contributed by atoms with E-state index in [1.54, 1.807) is 38.2 Å². The fraction of sp³-hybridized carbons (Fsp3) is 0.167. The first-order chi connectivity index (χ1) is 8.60. The van der Waals surface area contributed by atoms with Crippen molar-refractivity contribution in [3.05, 3.63) is 46.0 Å². The van der Waals surface area contributed by atoms with Crippen LogP contribution in [0.3, 0.4) is 0 Å². The molecular weight excluding hydrogens is 230 g/mol. The second-order valence-corrected chi connectivity index (χ2v) is 3.75. The average Bonchev–Trinajstić information content (AvgIpc) is 2.36. The Labute approximate surface area is 104 Å². The number of benzene rings is 1. The Morgan fingerprint density at radius 1 is 1.33 bits per heavy atom. The molecule has 2 rings (SSSR count). The lowest BCUT2D eigenvalue weighted by molar-refractivity contribution is 0.673. The summed E-state index contributed by atoms with van der Waals surface area (Å²) in [5.74, 6) is 0.725. The van der Waals surface area contributed by atoms with Crippen LogP contribution in [-0.4, -0.2) is 14.8 Å². The Balaban J connectivity index is 2.34. The first-order valence-corrected chi connectivity index (χ1v) is 5.29. The molecule has 0 unspecified atom stereocenters. The summed E-state index contributed by atoms with van der Waals surface area (Å²) in [6.07, 6.45) is 0. The second-order valence-electron chi connectivity index (χ2n) is 3.75. The molecule has 1 heterocycles. The van der Waals surface area contributed by atoms with E-state index in [9.17, 15) is 4.79 Å². The van der Waals surface area contributed by atoms with E-state index in [1.165, 1.54) is 4.68 Å². The molecule has 0 aliphatic carbocycles. The molecular formula is C12H11N5O. The zero-order valence-corrected chi connectivity index (χ0v) is 10.0. The van der Waals surface area contributed by atoms with Crippen molar-refractivity contribution >= 4 is 11.5 Å². The number of nitrogens with zero attached hydrogens (tertiary/aromatic N) is 4. The van der Waals surface area contributed by atoms with Crippen molar-refractivity contribution < 1.29 is 0 Å². The van der Waals surface area contributed by atoms with Crippen molar-refractivity contribution in [1.82, 2.24) is 14.8 Å². The number of rotatable bonds is 2. The minimum atomic E-state index is -0.301. The lowest BCUT2D eigenvalue weighted by Gasteiger charge is -2.06. The molecule has 6 heteroatoms. The summed E-state index contributed by atoms with van der Waals surface area (Å²) in [4.78, 5) is 15.8. The van der Waals surface area contributed by atoms with Crippen LogP contribution in [0.2, 0.25) is 0 Å². The molecule has 2 aromatic rings. The molecule has 0 radical (unpaired) electrons. The number of hydrogen-bond donors (Lipinski definition) is 1. The molecule has 0 spiro atoms. The maximum absolute atomic E-state index is 11.8. The van der Waals surface area contributed by atoms with Crippen LogP contribution in [0, 0.1) is 18.3 Å². The molecule has 0 atom stereocenters. The first kappa shape index (κ1) is 11.8. The molecule has 1 aromatic heterocycles. The summed E-state index contributed by atoms with van der Waals surface area (Å²) in [5, 5.41) is 15.5. The van der Waals surface area contributed by atoms with Crippen LogP contribution in [0.4, 0.5) is 11.5 Å². The highest BCUT2D eigenvalue weighted by Crippen LogP contribution is 2.12. The van der Waals surface area contributed by atoms with E-state index in [0.717, 1.165) is 0 Å². The fourth-order valence-electron chi connectivity index (χ4n) is 1.49. The van der Waals surface area contributed by atoms with E-state index in [2.05, 4.69) is 15.4 Å². The number of aryl methyl sites for hydroxylation is 2. The Hall–Kier alpha value is -2.68. The topological polar surface area (TPSA) is 83.6 Å². The van der Waals surface area contributed by atoms with E-state index in [4.69, 9.17) is 5.26 Å². The summed E-state index contributed by atoms with van der Waals surface area (Å²) in [6, 6.07) is 8.80. The molecule has 90 valence electrons. The van der Waals surface area contributed by atoms with Crippen LogP contribution in [0.15, 0.2) is 29.1 Å². The van der Waals surface area contributed by atoms with Crippen LogP contribution >= 0.6 is 0 Å². The molecule has 0 fully saturated rings. The third-order valence-electron chi connectivity index (χ3n) is 2.34. The normalized spacial score (nSPS) is 9.83. The van der Waals surface area contributed by atoms with Gasteiger partial charge in [0.1, 0.15) is 5.82 Å². The summed E-state index contributed by atoms with van der Waals surface area (Å²) in [6.45, 7) is 1.71. The first-order valence-electron chi connectivity index (χ1n) is 5.29. The van der Waals surface area contributed by atoms with E-state index in [0.29, 0.717) is 17.1 Å². The molecule has 0 bridgehead atoms. The van der Waals surface area contributed by atoms with Crippen LogP contribution in [0.25, 0.3) is 0 Å². The van der Waals surface area contributed by atoms with Crippen molar-refractivity contribution in [3.8, 4) is 6.07 Å². The highest BCUT2D eigenvalue weighted by Gasteiger charge is 2.05. The zero-order chi connectivity index (χ0) is 13.1. The van der Waals surface area contributed by atoms with Crippen molar-refractivity contribution in [3.63, 3.8) is 0 Å². The van der Waals surface area contributed by atoms with Gasteiger partial charge < -0.3 is 5.32 Å². The van der Waals surface area contributed by atoms with Gasteiger partial charge in [0.25, 0.3) is 0 Å². The molecule has 0 aliphatic heterocycles. The predicted molar refractivity (Wildman–Crippen MR) is 66.4 cm³/mol. The summed E-state index contributed by atoms with van der Waals surface area (Å²) >= 11 is 0. The third kappa shape index (κ3) is 2.35. The van der Waals surface area contributed by atoms with Gasteiger partial charge in [-0.1, -0.05) is 0 Å². The molecule has 0 saturated heterocycles. The van der Waals surface area contributed by atoms with Gasteiger partial charge in [-0.25, -0.2) is 9.67 Å². The quantitative estimate of drug-likeness (QED) is 0.851. The van der Waals surface area contributed by atoms with Gasteiger partial charge in [0, 0.05) is 12.7 Å². The minimum absolute atomic E-state index is 0.217. The fourth-order valence-corrected chi connectivity index (χ4v) is 1.49. The maximum Gasteiger partial charge on any atom is 0.309 e. The summed E-state index contributed by atoms with van der Waals surface area (Å²) in [7, 11) is 1.57. The number of nitrogens with one attached hydrogen (secondary N) is 1. The Morgan fingerprint density at radius 2 is 2.00 bits per heavy atom. The maximum atomic E-state index is 11.8. The summed E-state index contributed by atoms with van der Waals surface area (Å²) < 4.78 is 1.23. The smallest absolute Gasteiger partial charge is 0.309 e. The van der Waals surface area contributed by atoms with Gasteiger partial charge in [-0.05, 0) is 31.2 Å². The van der Waals surface area contributed by atoms with Gasteiger partial charge in [-0.15, -0.1) is 0 Å². The average molecular weight is 241 g/mol. The molecule has 1 aromatic carbocycles. The zero-order valence-electron chi connectivity index (χ0n) is 10.0. The van der Waals surface area contributed by atoms with Gasteiger partial charge >= 0.3 is 5.56 Å². The van der Waals surface area contributed by atoms with Crippen LogP contribution in [0.5, 0.6) is 0 Å². The standard InChI is InChI=1S/C12H11N5O/c1-8-14-11(12(18)17(2)16-8)15-10-5-3-9(7-13)4-6-10/h3-6H,1-2H3,(H,14,15,16). The van der Waals surface area contributed by atoms with Crippen LogP contribution in [-0.2, 0) is 7.05 Å². The van der Waals surface area contributed by atoms with Gasteiger partial charge in [0.15, 0.2) is 0 Å². The number of nitriles is 1. The van der Waals surface area contributed by atoms with Crippen molar-refractivity contribution in [1.29, 1.82) is 5.26 Å². The molecule has 18 heavy (non-hydrogen) atoms. The molecule has 0 aliphatic rings. The summed E-state index contributed by atoms with van der Waals surface area (Å²) in [5.41, 5.74) is 0.960. The SMILES string of the molecule is Cc1nc(Nc2ccc(C#N)cc2)c(=O)n(C)n1. The number of anilines is 2. The molecule has 1 N–H and O–H groups in total. The predicted octanol–water partition coefficient (Wildman–Crippen LogP) is 1.10. The van der Waals surface area contributed by atoms with Crippen molar-refractivity contribution in [2.24, 2.45) is 7.05 Å². The minimum Gasteiger partial charge on any atom is -0.336 e. The van der Waals surface area contributed by atoms with Gasteiger partial charge in [0.05, 0.1) is 11.6 Å². The van der Waals surface area contributed by atoms with E-state index in [1.807, 2.05) is 6.07 Å². The van der Waals surface area contributed by atoms with Crippen LogP contribution in [0.1, 0.15) is 11.4 Å². The highest BCUT2D eigenvalue weighted by molar-refractivity contribution is 5.56. The Morgan fingerprint density at radius 3 is 2.61 bits per heavy atom. The Bertz CT molecular complexity index is 666. The molecule has 0 amide bonds. The van der Waals surface area contributed by atoms with Gasteiger partial charge in [0.2, 0.25) is 5.82 Å². The number of hydrogen-bond acceptors (Lipinski definition) is 5. The molecule has 0 saturated carbocycles. The van der Waals surface area contributed by atoms with Gasteiger partial charge in [-0.2, -0.15) is 10.4 Å². The molecule has 6 nitrogen and oxygen atoms in total. The van der Waals surface area contributed by atoms with Crippen molar-refractivity contribution in [2.45, 2.75) is 6.92 Å². The second kappa shape index (κ2) is 4.67. The van der Waals surface area contributed by atoms with Gasteiger partial charge in [-0.3, -0.25) is 4.79 Å². The monoisotopic (exact) mass is 241 g/mol. The lowest BCUT2D eigenvalue weighted by Crippen LogP contribution is -2.24. The van der Waals surface area contributed by atoms with E-state index < -0.39 is 0 Å². The Kier molecular flexibility index (Phi) is 3.06. The van der Waals surface area contributed by atoms with Crippen LogP contribution < -0.4 is 10.9 Å². The lowest BCUT2D eigenvalue weighted by atomic mass is 10.2. The van der Waals surface area contributed by atoms with E-state index >= 15 is 0 Å². The van der Waals surface area contributed by atoms with E-state index in [-0.39, 0.29) is 11.4 Å². The number of aromatic nitrogens is 3. The van der Waals surface area contributed by atoms with Crippen molar-refractivity contribution in [2.75, 3.05) is 5.32 Å².